The summed E-state index contributed by atoms with van der Waals surface area (Å²) in [5.41, 5.74) is 1.37. The molecule has 0 saturated carbocycles. The average Bonchev–Trinajstić information content (AvgIpc) is 2.55. The minimum atomic E-state index is -3.98. The molecule has 0 heterocycles. The van der Waals surface area contributed by atoms with Crippen LogP contribution in [-0.2, 0) is 14.8 Å². The highest BCUT2D eigenvalue weighted by molar-refractivity contribution is 7.89. The summed E-state index contributed by atoms with van der Waals surface area (Å²) in [6, 6.07) is 9.32. The number of sulfonamides is 1. The molecule has 1 amide bonds. The second-order valence-electron chi connectivity index (χ2n) is 5.15. The highest BCUT2D eigenvalue weighted by atomic mass is 35.5. The van der Waals surface area contributed by atoms with Gasteiger partial charge in [0.1, 0.15) is 10.6 Å². The third kappa shape index (κ3) is 5.09. The minimum absolute atomic E-state index is 0.0117. The first kappa shape index (κ1) is 19.5. The van der Waals surface area contributed by atoms with Gasteiger partial charge in [0.25, 0.3) is 0 Å². The lowest BCUT2D eigenvalue weighted by atomic mass is 10.2. The molecular formula is C16H16Cl2N2O4S. The number of aryl methyl sites for hydroxylation is 1. The number of carbonyl (C=O) groups is 1. The number of anilines is 1. The Morgan fingerprint density at radius 1 is 1.16 bits per heavy atom. The van der Waals surface area contributed by atoms with Crippen LogP contribution in [0.4, 0.5) is 5.69 Å². The first-order chi connectivity index (χ1) is 11.7. The molecule has 2 N–H and O–H groups in total. The van der Waals surface area contributed by atoms with Gasteiger partial charge in [0.15, 0.2) is 0 Å². The van der Waals surface area contributed by atoms with Gasteiger partial charge in [-0.25, -0.2) is 13.1 Å². The number of rotatable bonds is 6. The molecule has 2 aromatic carbocycles. The number of carbonyl (C=O) groups excluding carboxylic acids is 1. The monoisotopic (exact) mass is 402 g/mol. The largest absolute Gasteiger partial charge is 0.495 e. The van der Waals surface area contributed by atoms with E-state index in [0.29, 0.717) is 11.4 Å². The van der Waals surface area contributed by atoms with E-state index in [1.807, 2.05) is 13.0 Å². The molecule has 2 aromatic rings. The zero-order valence-electron chi connectivity index (χ0n) is 13.5. The summed E-state index contributed by atoms with van der Waals surface area (Å²) >= 11 is 11.7. The van der Waals surface area contributed by atoms with Crippen molar-refractivity contribution < 1.29 is 17.9 Å². The number of ether oxygens (including phenoxy) is 1. The van der Waals surface area contributed by atoms with Gasteiger partial charge in [0, 0.05) is 5.02 Å². The van der Waals surface area contributed by atoms with Crippen LogP contribution >= 0.6 is 23.2 Å². The molecule has 25 heavy (non-hydrogen) atoms. The summed E-state index contributed by atoms with van der Waals surface area (Å²) in [6.07, 6.45) is 0. The Bertz CT molecular complexity index is 901. The molecule has 0 fully saturated rings. The Hall–Kier alpha value is -1.80. The van der Waals surface area contributed by atoms with Crippen LogP contribution < -0.4 is 14.8 Å². The van der Waals surface area contributed by atoms with Gasteiger partial charge < -0.3 is 10.1 Å². The molecule has 0 spiro atoms. The fourth-order valence-corrected chi connectivity index (χ4v) is 3.78. The Morgan fingerprint density at radius 3 is 2.56 bits per heavy atom. The SMILES string of the molecule is COc1ccc(C)cc1NC(=O)CNS(=O)(=O)c1cc(Cl)ccc1Cl. The third-order valence-corrected chi connectivity index (χ3v) is 5.35. The Balaban J connectivity index is 2.09. The van der Waals surface area contributed by atoms with Gasteiger partial charge in [0.2, 0.25) is 15.9 Å². The standard InChI is InChI=1S/C16H16Cl2N2O4S/c1-10-3-6-14(24-2)13(7-10)20-16(21)9-19-25(22,23)15-8-11(17)4-5-12(15)18/h3-8,19H,9H2,1-2H3,(H,20,21). The Morgan fingerprint density at radius 2 is 1.88 bits per heavy atom. The molecular weight excluding hydrogens is 387 g/mol. The predicted octanol–water partition coefficient (Wildman–Crippen LogP) is 3.23. The van der Waals surface area contributed by atoms with Crippen molar-refractivity contribution in [3.8, 4) is 5.75 Å². The fraction of sp³-hybridized carbons (Fsp3) is 0.188. The number of nitrogens with one attached hydrogen (secondary N) is 2. The van der Waals surface area contributed by atoms with Crippen LogP contribution in [-0.4, -0.2) is 28.0 Å². The second kappa shape index (κ2) is 8.05. The molecule has 0 atom stereocenters. The summed E-state index contributed by atoms with van der Waals surface area (Å²) in [7, 11) is -2.51. The molecule has 0 saturated heterocycles. The van der Waals surface area contributed by atoms with E-state index < -0.39 is 22.5 Å². The Labute approximate surface area is 156 Å². The van der Waals surface area contributed by atoms with Crippen molar-refractivity contribution in [1.29, 1.82) is 0 Å². The van der Waals surface area contributed by atoms with E-state index >= 15 is 0 Å². The van der Waals surface area contributed by atoms with Crippen LogP contribution in [0.25, 0.3) is 0 Å². The maximum absolute atomic E-state index is 12.3. The lowest BCUT2D eigenvalue weighted by Crippen LogP contribution is -2.33. The van der Waals surface area contributed by atoms with Crippen molar-refractivity contribution in [1.82, 2.24) is 4.72 Å². The van der Waals surface area contributed by atoms with Gasteiger partial charge in [-0.05, 0) is 42.8 Å². The molecule has 9 heteroatoms. The number of benzene rings is 2. The first-order valence-electron chi connectivity index (χ1n) is 7.12. The fourth-order valence-electron chi connectivity index (χ4n) is 2.04. The number of hydrogen-bond donors (Lipinski definition) is 2. The van der Waals surface area contributed by atoms with Gasteiger partial charge in [-0.15, -0.1) is 0 Å². The molecule has 0 aromatic heterocycles. The van der Waals surface area contributed by atoms with E-state index in [-0.39, 0.29) is 14.9 Å². The highest BCUT2D eigenvalue weighted by Crippen LogP contribution is 2.26. The number of hydrogen-bond acceptors (Lipinski definition) is 4. The molecule has 0 aliphatic rings. The molecule has 2 rings (SSSR count). The Kier molecular flexibility index (Phi) is 6.29. The predicted molar refractivity (Wildman–Crippen MR) is 98.0 cm³/mol. The van der Waals surface area contributed by atoms with Crippen molar-refractivity contribution >= 4 is 44.8 Å². The first-order valence-corrected chi connectivity index (χ1v) is 9.36. The summed E-state index contributed by atoms with van der Waals surface area (Å²) in [6.45, 7) is 1.39. The van der Waals surface area contributed by atoms with E-state index in [0.717, 1.165) is 5.56 Å². The molecule has 0 aliphatic heterocycles. The van der Waals surface area contributed by atoms with E-state index in [1.165, 1.54) is 25.3 Å². The van der Waals surface area contributed by atoms with Crippen molar-refractivity contribution in [2.75, 3.05) is 19.0 Å². The molecule has 0 bridgehead atoms. The normalized spacial score (nSPS) is 11.2. The van der Waals surface area contributed by atoms with Gasteiger partial charge in [-0.2, -0.15) is 0 Å². The number of methoxy groups -OCH3 is 1. The van der Waals surface area contributed by atoms with Crippen molar-refractivity contribution in [3.05, 3.63) is 52.0 Å². The van der Waals surface area contributed by atoms with Crippen LogP contribution in [0.1, 0.15) is 5.56 Å². The summed E-state index contributed by atoms with van der Waals surface area (Å²) < 4.78 is 31.9. The average molecular weight is 403 g/mol. The van der Waals surface area contributed by atoms with Gasteiger partial charge in [0.05, 0.1) is 24.4 Å². The van der Waals surface area contributed by atoms with Crippen LogP contribution in [0, 0.1) is 6.92 Å². The van der Waals surface area contributed by atoms with Gasteiger partial charge >= 0.3 is 0 Å². The van der Waals surface area contributed by atoms with E-state index in [1.54, 1.807) is 12.1 Å². The van der Waals surface area contributed by atoms with Gasteiger partial charge in [-0.1, -0.05) is 29.3 Å². The van der Waals surface area contributed by atoms with Crippen LogP contribution in [0.15, 0.2) is 41.3 Å². The zero-order valence-corrected chi connectivity index (χ0v) is 15.8. The van der Waals surface area contributed by atoms with E-state index in [4.69, 9.17) is 27.9 Å². The highest BCUT2D eigenvalue weighted by Gasteiger charge is 2.20. The lowest BCUT2D eigenvalue weighted by molar-refractivity contribution is -0.115. The molecule has 0 aliphatic carbocycles. The molecule has 0 unspecified atom stereocenters. The second-order valence-corrected chi connectivity index (χ2v) is 7.73. The number of amides is 1. The number of halogens is 2. The van der Waals surface area contributed by atoms with Crippen LogP contribution in [0.3, 0.4) is 0 Å². The smallest absolute Gasteiger partial charge is 0.242 e. The van der Waals surface area contributed by atoms with Crippen molar-refractivity contribution in [2.24, 2.45) is 0 Å². The van der Waals surface area contributed by atoms with E-state index in [2.05, 4.69) is 10.0 Å². The summed E-state index contributed by atoms with van der Waals surface area (Å²) in [4.78, 5) is 11.9. The van der Waals surface area contributed by atoms with Crippen LogP contribution in [0.5, 0.6) is 5.75 Å². The zero-order chi connectivity index (χ0) is 18.6. The van der Waals surface area contributed by atoms with E-state index in [9.17, 15) is 13.2 Å². The summed E-state index contributed by atoms with van der Waals surface area (Å²) in [5.74, 6) is -0.0784. The van der Waals surface area contributed by atoms with Crippen molar-refractivity contribution in [3.63, 3.8) is 0 Å². The molecule has 134 valence electrons. The van der Waals surface area contributed by atoms with Crippen LogP contribution in [0.2, 0.25) is 10.0 Å². The maximum atomic E-state index is 12.3. The third-order valence-electron chi connectivity index (χ3n) is 3.23. The summed E-state index contributed by atoms with van der Waals surface area (Å²) in [5, 5.41) is 2.84. The molecule has 0 radical (unpaired) electrons. The minimum Gasteiger partial charge on any atom is -0.495 e. The quantitative estimate of drug-likeness (QED) is 0.776. The lowest BCUT2D eigenvalue weighted by Gasteiger charge is -2.12. The topological polar surface area (TPSA) is 84.5 Å². The van der Waals surface area contributed by atoms with Gasteiger partial charge in [-0.3, -0.25) is 4.79 Å². The molecule has 6 nitrogen and oxygen atoms in total. The maximum Gasteiger partial charge on any atom is 0.242 e. The van der Waals surface area contributed by atoms with Crippen molar-refractivity contribution in [2.45, 2.75) is 11.8 Å².